The van der Waals surface area contributed by atoms with Crippen molar-refractivity contribution in [3.05, 3.63) is 29.5 Å². The maximum atomic E-state index is 3.63. The third kappa shape index (κ3) is 1.87. The van der Waals surface area contributed by atoms with Crippen molar-refractivity contribution in [2.75, 3.05) is 0 Å². The van der Waals surface area contributed by atoms with Gasteiger partial charge in [0, 0.05) is 21.2 Å². The molecule has 0 fully saturated rings. The number of H-pyrrole nitrogens is 1. The lowest BCUT2D eigenvalue weighted by Gasteiger charge is -2.11. The smallest absolute Gasteiger partial charge is 0.0597 e. The summed E-state index contributed by atoms with van der Waals surface area (Å²) < 4.78 is 0. The molecule has 1 N–H and O–H groups in total. The maximum absolute atomic E-state index is 3.63. The molecule has 2 heteroatoms. The van der Waals surface area contributed by atoms with Crippen molar-refractivity contribution in [3.8, 4) is 0 Å². The highest BCUT2D eigenvalue weighted by Gasteiger charge is 2.27. The van der Waals surface area contributed by atoms with Crippen LogP contribution in [0.1, 0.15) is 44.9 Å². The van der Waals surface area contributed by atoms with Gasteiger partial charge in [0.2, 0.25) is 0 Å². The van der Waals surface area contributed by atoms with Gasteiger partial charge in [0.05, 0.1) is 5.52 Å². The third-order valence-electron chi connectivity index (χ3n) is 3.91. The van der Waals surface area contributed by atoms with E-state index in [0.717, 1.165) is 11.2 Å². The summed E-state index contributed by atoms with van der Waals surface area (Å²) in [5, 5.41) is 2.12. The number of thioether (sulfide) groups is 1. The zero-order chi connectivity index (χ0) is 12.9. The fourth-order valence-electron chi connectivity index (χ4n) is 2.63. The molecule has 0 radical (unpaired) electrons. The van der Waals surface area contributed by atoms with E-state index in [1.165, 1.54) is 33.5 Å². The first kappa shape index (κ1) is 12.2. The SMILES string of the molecule is CC(C)c1cc2ccc3c(c2[nH]1)SC(C(C)C)C3. The average molecular weight is 259 g/mol. The molecule has 0 amide bonds. The Labute approximate surface area is 113 Å². The molecule has 3 rings (SSSR count). The van der Waals surface area contributed by atoms with Crippen LogP contribution in [0.3, 0.4) is 0 Å². The van der Waals surface area contributed by atoms with E-state index < -0.39 is 0 Å². The van der Waals surface area contributed by atoms with Gasteiger partial charge >= 0.3 is 0 Å². The van der Waals surface area contributed by atoms with Crippen molar-refractivity contribution in [2.45, 2.75) is 50.2 Å². The summed E-state index contributed by atoms with van der Waals surface area (Å²) in [6.45, 7) is 9.15. The van der Waals surface area contributed by atoms with Crippen LogP contribution in [0.15, 0.2) is 23.1 Å². The molecule has 1 aliphatic heterocycles. The number of hydrogen-bond acceptors (Lipinski definition) is 1. The van der Waals surface area contributed by atoms with Crippen LogP contribution in [0.2, 0.25) is 0 Å². The van der Waals surface area contributed by atoms with Crippen LogP contribution < -0.4 is 0 Å². The number of benzene rings is 1. The number of rotatable bonds is 2. The Balaban J connectivity index is 2.09. The number of aromatic nitrogens is 1. The topological polar surface area (TPSA) is 15.8 Å². The van der Waals surface area contributed by atoms with Crippen LogP contribution in [0.4, 0.5) is 0 Å². The van der Waals surface area contributed by atoms with Gasteiger partial charge in [-0.2, -0.15) is 0 Å². The molecule has 0 saturated heterocycles. The van der Waals surface area contributed by atoms with Gasteiger partial charge in [0.1, 0.15) is 0 Å². The van der Waals surface area contributed by atoms with Gasteiger partial charge < -0.3 is 4.98 Å². The van der Waals surface area contributed by atoms with Crippen molar-refractivity contribution in [1.29, 1.82) is 0 Å². The monoisotopic (exact) mass is 259 g/mol. The molecule has 1 nitrogen and oxygen atoms in total. The summed E-state index contributed by atoms with van der Waals surface area (Å²) in [5.74, 6) is 1.32. The van der Waals surface area contributed by atoms with Crippen LogP contribution in [0, 0.1) is 5.92 Å². The zero-order valence-corrected chi connectivity index (χ0v) is 12.4. The van der Waals surface area contributed by atoms with Crippen LogP contribution >= 0.6 is 11.8 Å². The minimum absolute atomic E-state index is 0.570. The highest BCUT2D eigenvalue weighted by Crippen LogP contribution is 2.44. The van der Waals surface area contributed by atoms with Crippen LogP contribution in [-0.2, 0) is 6.42 Å². The predicted octanol–water partition coefficient (Wildman–Crippen LogP) is 4.96. The second-order valence-electron chi connectivity index (χ2n) is 6.00. The first-order valence-electron chi connectivity index (χ1n) is 6.87. The first-order valence-corrected chi connectivity index (χ1v) is 7.75. The Bertz CT molecular complexity index is 580. The minimum Gasteiger partial charge on any atom is -0.357 e. The van der Waals surface area contributed by atoms with Gasteiger partial charge in [-0.25, -0.2) is 0 Å². The van der Waals surface area contributed by atoms with E-state index in [4.69, 9.17) is 0 Å². The number of hydrogen-bond donors (Lipinski definition) is 1. The first-order chi connectivity index (χ1) is 8.56. The minimum atomic E-state index is 0.570. The molecule has 1 atom stereocenters. The molecule has 0 bridgehead atoms. The second-order valence-corrected chi connectivity index (χ2v) is 7.25. The second kappa shape index (κ2) is 4.34. The summed E-state index contributed by atoms with van der Waals surface area (Å²) >= 11 is 2.07. The van der Waals surface area contributed by atoms with Crippen LogP contribution in [-0.4, -0.2) is 10.2 Å². The number of aromatic amines is 1. The highest BCUT2D eigenvalue weighted by molar-refractivity contribution is 8.00. The zero-order valence-electron chi connectivity index (χ0n) is 11.6. The molecular formula is C16H21NS. The number of fused-ring (bicyclic) bond motifs is 3. The van der Waals surface area contributed by atoms with Crippen molar-refractivity contribution in [1.82, 2.24) is 4.98 Å². The highest BCUT2D eigenvalue weighted by atomic mass is 32.2. The standard InChI is InChI=1S/C16H21NS/c1-9(2)13-7-11-5-6-12-8-14(10(3)4)18-16(12)15(11)17-13/h5-7,9-10,14,17H,8H2,1-4H3. The van der Waals surface area contributed by atoms with E-state index >= 15 is 0 Å². The largest absolute Gasteiger partial charge is 0.357 e. The molecule has 0 spiro atoms. The number of nitrogens with one attached hydrogen (secondary N) is 1. The van der Waals surface area contributed by atoms with Crippen molar-refractivity contribution >= 4 is 22.7 Å². The molecule has 1 aliphatic rings. The molecule has 1 unspecified atom stereocenters. The van der Waals surface area contributed by atoms with Crippen LogP contribution in [0.25, 0.3) is 10.9 Å². The summed E-state index contributed by atoms with van der Waals surface area (Å²) in [6, 6.07) is 6.91. The Morgan fingerprint density at radius 2 is 2.00 bits per heavy atom. The Kier molecular flexibility index (Phi) is 2.93. The summed E-state index contributed by atoms with van der Waals surface area (Å²) in [7, 11) is 0. The molecule has 0 saturated carbocycles. The predicted molar refractivity (Wildman–Crippen MR) is 80.6 cm³/mol. The molecule has 96 valence electrons. The quantitative estimate of drug-likeness (QED) is 0.805. The molecule has 1 aromatic carbocycles. The third-order valence-corrected chi connectivity index (χ3v) is 5.62. The van der Waals surface area contributed by atoms with Crippen molar-refractivity contribution in [2.24, 2.45) is 5.92 Å². The molecule has 2 aromatic rings. The van der Waals surface area contributed by atoms with Crippen molar-refractivity contribution in [3.63, 3.8) is 0 Å². The van der Waals surface area contributed by atoms with Gasteiger partial charge in [-0.15, -0.1) is 11.8 Å². The molecule has 18 heavy (non-hydrogen) atoms. The Morgan fingerprint density at radius 1 is 1.22 bits per heavy atom. The summed E-state index contributed by atoms with van der Waals surface area (Å²) in [6.07, 6.45) is 1.23. The fraction of sp³-hybridized carbons (Fsp3) is 0.500. The lowest BCUT2D eigenvalue weighted by molar-refractivity contribution is 0.612. The van der Waals surface area contributed by atoms with Gasteiger partial charge in [0.15, 0.2) is 0 Å². The lowest BCUT2D eigenvalue weighted by atomic mass is 10.0. The van der Waals surface area contributed by atoms with E-state index in [1.54, 1.807) is 0 Å². The fourth-order valence-corrected chi connectivity index (χ4v) is 4.05. The van der Waals surface area contributed by atoms with Crippen LogP contribution in [0.5, 0.6) is 0 Å². The molecule has 2 heterocycles. The molecule has 1 aromatic heterocycles. The van der Waals surface area contributed by atoms with Gasteiger partial charge in [-0.1, -0.05) is 39.8 Å². The van der Waals surface area contributed by atoms with Crippen molar-refractivity contribution < 1.29 is 0 Å². The molecular weight excluding hydrogens is 238 g/mol. The van der Waals surface area contributed by atoms with E-state index in [-0.39, 0.29) is 0 Å². The van der Waals surface area contributed by atoms with E-state index in [2.05, 4.69) is 62.6 Å². The normalized spacial score (nSPS) is 19.1. The van der Waals surface area contributed by atoms with Gasteiger partial charge in [0.25, 0.3) is 0 Å². The average Bonchev–Trinajstić information content (AvgIpc) is 2.91. The summed E-state index contributed by atoms with van der Waals surface area (Å²) in [5.41, 5.74) is 4.25. The van der Waals surface area contributed by atoms with Gasteiger partial charge in [-0.05, 0) is 29.9 Å². The summed E-state index contributed by atoms with van der Waals surface area (Å²) in [4.78, 5) is 5.13. The van der Waals surface area contributed by atoms with Gasteiger partial charge in [-0.3, -0.25) is 0 Å². The Hall–Kier alpha value is -0.890. The van der Waals surface area contributed by atoms with E-state index in [1.807, 2.05) is 0 Å². The lowest BCUT2D eigenvalue weighted by Crippen LogP contribution is -2.08. The van der Waals surface area contributed by atoms with E-state index in [9.17, 15) is 0 Å². The Morgan fingerprint density at radius 3 is 2.67 bits per heavy atom. The maximum Gasteiger partial charge on any atom is 0.0597 e. The molecule has 0 aliphatic carbocycles. The van der Waals surface area contributed by atoms with E-state index in [0.29, 0.717) is 5.92 Å².